The van der Waals surface area contributed by atoms with Crippen molar-refractivity contribution in [2.75, 3.05) is 14.2 Å². The number of fused-ring (bicyclic) bond motifs is 1. The maximum Gasteiger partial charge on any atom is 0.161 e. The summed E-state index contributed by atoms with van der Waals surface area (Å²) in [5.74, 6) is 1.34. The van der Waals surface area contributed by atoms with Gasteiger partial charge in [0.15, 0.2) is 17.1 Å². The first kappa shape index (κ1) is 19.7. The molecule has 0 amide bonds. The second-order valence-corrected chi connectivity index (χ2v) is 7.31. The number of benzene rings is 2. The molecule has 158 valence electrons. The van der Waals surface area contributed by atoms with Gasteiger partial charge in [-0.1, -0.05) is 24.3 Å². The lowest BCUT2D eigenvalue weighted by Crippen LogP contribution is -1.98. The van der Waals surface area contributed by atoms with E-state index in [-0.39, 0.29) is 0 Å². The quantitative estimate of drug-likeness (QED) is 0.402. The Morgan fingerprint density at radius 1 is 0.719 bits per heavy atom. The molecule has 0 saturated heterocycles. The van der Waals surface area contributed by atoms with Crippen LogP contribution in [0.25, 0.3) is 39.3 Å². The van der Waals surface area contributed by atoms with Crippen molar-refractivity contribution >= 4 is 5.65 Å². The highest BCUT2D eigenvalue weighted by Crippen LogP contribution is 2.33. The van der Waals surface area contributed by atoms with Gasteiger partial charge in [-0.25, -0.2) is 19.5 Å². The first-order chi connectivity index (χ1) is 15.7. The standard InChI is InChI=1S/C25H21N5O2/c1-16-25(18-6-4-17(5-7-18)20-13-26-15-27-14-20)30-24(28-16)11-9-21(29-30)19-8-10-22(31-2)23(12-19)32-3/h4-15H,1-3H3. The summed E-state index contributed by atoms with van der Waals surface area (Å²) in [7, 11) is 3.25. The summed E-state index contributed by atoms with van der Waals surface area (Å²) >= 11 is 0. The molecule has 0 spiro atoms. The number of aryl methyl sites for hydroxylation is 1. The Kier molecular flexibility index (Phi) is 4.99. The molecule has 5 rings (SSSR count). The molecule has 0 N–H and O–H groups in total. The molecule has 0 aliphatic carbocycles. The van der Waals surface area contributed by atoms with Crippen LogP contribution in [-0.4, -0.2) is 38.8 Å². The smallest absolute Gasteiger partial charge is 0.161 e. The lowest BCUT2D eigenvalue weighted by molar-refractivity contribution is 0.355. The van der Waals surface area contributed by atoms with Crippen molar-refractivity contribution in [2.45, 2.75) is 6.92 Å². The predicted octanol–water partition coefficient (Wildman–Crippen LogP) is 4.85. The highest BCUT2D eigenvalue weighted by Gasteiger charge is 2.14. The molecule has 0 bridgehead atoms. The van der Waals surface area contributed by atoms with Crippen molar-refractivity contribution in [1.29, 1.82) is 0 Å². The van der Waals surface area contributed by atoms with E-state index in [1.165, 1.54) is 6.33 Å². The maximum absolute atomic E-state index is 5.45. The molecule has 7 heteroatoms. The van der Waals surface area contributed by atoms with Gasteiger partial charge in [-0.15, -0.1) is 0 Å². The molecule has 0 aliphatic heterocycles. The third kappa shape index (κ3) is 3.43. The van der Waals surface area contributed by atoms with Gasteiger partial charge in [-0.2, -0.15) is 5.10 Å². The van der Waals surface area contributed by atoms with Gasteiger partial charge in [0, 0.05) is 29.1 Å². The second-order valence-electron chi connectivity index (χ2n) is 7.31. The van der Waals surface area contributed by atoms with Crippen LogP contribution in [0.3, 0.4) is 0 Å². The lowest BCUT2D eigenvalue weighted by atomic mass is 10.0. The predicted molar refractivity (Wildman–Crippen MR) is 123 cm³/mol. The first-order valence-electron chi connectivity index (χ1n) is 10.1. The summed E-state index contributed by atoms with van der Waals surface area (Å²) in [5.41, 5.74) is 7.48. The minimum atomic E-state index is 0.661. The summed E-state index contributed by atoms with van der Waals surface area (Å²) in [6, 6.07) is 18.0. The average molecular weight is 423 g/mol. The zero-order valence-corrected chi connectivity index (χ0v) is 18.0. The van der Waals surface area contributed by atoms with Gasteiger partial charge in [-0.05, 0) is 42.8 Å². The second kappa shape index (κ2) is 8.11. The van der Waals surface area contributed by atoms with Crippen molar-refractivity contribution in [2.24, 2.45) is 0 Å². The van der Waals surface area contributed by atoms with Crippen LogP contribution >= 0.6 is 0 Å². The number of imidazole rings is 1. The van der Waals surface area contributed by atoms with Gasteiger partial charge in [0.25, 0.3) is 0 Å². The third-order valence-corrected chi connectivity index (χ3v) is 5.38. The number of rotatable bonds is 5. The van der Waals surface area contributed by atoms with E-state index >= 15 is 0 Å². The fourth-order valence-electron chi connectivity index (χ4n) is 3.79. The Morgan fingerprint density at radius 3 is 2.12 bits per heavy atom. The number of ether oxygens (including phenoxy) is 2. The average Bonchev–Trinajstić information content (AvgIpc) is 3.19. The van der Waals surface area contributed by atoms with Crippen molar-refractivity contribution in [1.82, 2.24) is 24.6 Å². The molecule has 0 saturated carbocycles. The minimum Gasteiger partial charge on any atom is -0.493 e. The largest absolute Gasteiger partial charge is 0.493 e. The molecule has 7 nitrogen and oxygen atoms in total. The Labute approximate surface area is 185 Å². The lowest BCUT2D eigenvalue weighted by Gasteiger charge is -2.10. The summed E-state index contributed by atoms with van der Waals surface area (Å²) in [6.07, 6.45) is 5.14. The van der Waals surface area contributed by atoms with Crippen LogP contribution in [0.2, 0.25) is 0 Å². The monoisotopic (exact) mass is 423 g/mol. The van der Waals surface area contributed by atoms with Crippen LogP contribution in [0, 0.1) is 6.92 Å². The Hall–Kier alpha value is -4.26. The number of hydrogen-bond donors (Lipinski definition) is 0. The zero-order chi connectivity index (χ0) is 22.1. The van der Waals surface area contributed by atoms with Crippen molar-refractivity contribution < 1.29 is 9.47 Å². The van der Waals surface area contributed by atoms with E-state index in [1.807, 2.05) is 41.8 Å². The summed E-state index contributed by atoms with van der Waals surface area (Å²) in [5, 5.41) is 4.89. The van der Waals surface area contributed by atoms with Crippen LogP contribution in [0.1, 0.15) is 5.69 Å². The van der Waals surface area contributed by atoms with Crippen LogP contribution < -0.4 is 9.47 Å². The van der Waals surface area contributed by atoms with E-state index < -0.39 is 0 Å². The summed E-state index contributed by atoms with van der Waals surface area (Å²) in [6.45, 7) is 2.00. The molecular formula is C25H21N5O2. The molecule has 0 unspecified atom stereocenters. The van der Waals surface area contributed by atoms with Gasteiger partial charge in [0.2, 0.25) is 0 Å². The first-order valence-corrected chi connectivity index (χ1v) is 10.1. The molecule has 3 aromatic heterocycles. The Balaban J connectivity index is 1.58. The topological polar surface area (TPSA) is 74.4 Å². The van der Waals surface area contributed by atoms with Gasteiger partial charge in [0.05, 0.1) is 31.3 Å². The molecule has 0 aliphatic rings. The van der Waals surface area contributed by atoms with Gasteiger partial charge in [-0.3, -0.25) is 0 Å². The van der Waals surface area contributed by atoms with E-state index in [0.717, 1.165) is 45.0 Å². The van der Waals surface area contributed by atoms with E-state index in [2.05, 4.69) is 34.2 Å². The molecule has 3 heterocycles. The van der Waals surface area contributed by atoms with Crippen molar-refractivity contribution in [3.63, 3.8) is 0 Å². The van der Waals surface area contributed by atoms with E-state index in [0.29, 0.717) is 11.5 Å². The molecule has 0 fully saturated rings. The number of nitrogens with zero attached hydrogens (tertiary/aromatic N) is 5. The molecule has 0 atom stereocenters. The van der Waals surface area contributed by atoms with Crippen LogP contribution in [0.4, 0.5) is 0 Å². The van der Waals surface area contributed by atoms with Crippen LogP contribution in [0.15, 0.2) is 73.3 Å². The number of hydrogen-bond acceptors (Lipinski definition) is 6. The third-order valence-electron chi connectivity index (χ3n) is 5.38. The van der Waals surface area contributed by atoms with Crippen LogP contribution in [-0.2, 0) is 0 Å². The maximum atomic E-state index is 5.45. The fourth-order valence-corrected chi connectivity index (χ4v) is 3.79. The highest BCUT2D eigenvalue weighted by atomic mass is 16.5. The molecule has 2 aromatic carbocycles. The normalized spacial score (nSPS) is 11.0. The fraction of sp³-hybridized carbons (Fsp3) is 0.120. The van der Waals surface area contributed by atoms with Crippen molar-refractivity contribution in [3.05, 3.63) is 79.0 Å². The molecule has 32 heavy (non-hydrogen) atoms. The van der Waals surface area contributed by atoms with Gasteiger partial charge < -0.3 is 9.47 Å². The minimum absolute atomic E-state index is 0.661. The molecule has 5 aromatic rings. The zero-order valence-electron chi connectivity index (χ0n) is 18.0. The number of methoxy groups -OCH3 is 2. The molecule has 0 radical (unpaired) electrons. The SMILES string of the molecule is COc1ccc(-c2ccc3nc(C)c(-c4ccc(-c5cncnc5)cc4)n3n2)cc1OC. The molecular weight excluding hydrogens is 402 g/mol. The summed E-state index contributed by atoms with van der Waals surface area (Å²) in [4.78, 5) is 12.9. The van der Waals surface area contributed by atoms with E-state index in [4.69, 9.17) is 19.6 Å². The Morgan fingerprint density at radius 2 is 1.41 bits per heavy atom. The van der Waals surface area contributed by atoms with Gasteiger partial charge in [0.1, 0.15) is 6.33 Å². The van der Waals surface area contributed by atoms with E-state index in [9.17, 15) is 0 Å². The van der Waals surface area contributed by atoms with Crippen LogP contribution in [0.5, 0.6) is 11.5 Å². The Bertz CT molecular complexity index is 1400. The number of aromatic nitrogens is 5. The van der Waals surface area contributed by atoms with Gasteiger partial charge >= 0.3 is 0 Å². The highest BCUT2D eigenvalue weighted by molar-refractivity contribution is 5.72. The van der Waals surface area contributed by atoms with E-state index in [1.54, 1.807) is 26.6 Å². The summed E-state index contributed by atoms with van der Waals surface area (Å²) < 4.78 is 12.7. The van der Waals surface area contributed by atoms with Crippen molar-refractivity contribution in [3.8, 4) is 45.1 Å².